The summed E-state index contributed by atoms with van der Waals surface area (Å²) in [5.41, 5.74) is 11.8. The lowest BCUT2D eigenvalue weighted by Gasteiger charge is -2.29. The molecule has 2 aliphatic carbocycles. The highest BCUT2D eigenvalue weighted by Gasteiger charge is 2.20. The molecular formula is C45H34N2. The molecule has 0 aliphatic heterocycles. The van der Waals surface area contributed by atoms with Crippen molar-refractivity contribution in [3.05, 3.63) is 211 Å². The van der Waals surface area contributed by atoms with Gasteiger partial charge in [-0.15, -0.1) is 0 Å². The Kier molecular flexibility index (Phi) is 7.67. The summed E-state index contributed by atoms with van der Waals surface area (Å²) >= 11 is 0. The number of allylic oxidation sites excluding steroid dienone is 9. The second-order valence-electron chi connectivity index (χ2n) is 11.8. The number of nitrogens with zero attached hydrogens (tertiary/aromatic N) is 2. The minimum Gasteiger partial charge on any atom is -0.310 e. The van der Waals surface area contributed by atoms with E-state index in [0.29, 0.717) is 0 Å². The Hall–Kier alpha value is -6.12. The molecule has 0 aromatic heterocycles. The van der Waals surface area contributed by atoms with Gasteiger partial charge in [0, 0.05) is 33.8 Å². The maximum atomic E-state index is 2.37. The van der Waals surface area contributed by atoms with Crippen LogP contribution < -0.4 is 9.80 Å². The van der Waals surface area contributed by atoms with Gasteiger partial charge in [0.25, 0.3) is 0 Å². The van der Waals surface area contributed by atoms with Crippen LogP contribution in [-0.4, -0.2) is 0 Å². The normalized spacial score (nSPS) is 13.7. The Morgan fingerprint density at radius 2 is 0.957 bits per heavy atom. The maximum Gasteiger partial charge on any atom is 0.0540 e. The number of para-hydroxylation sites is 2. The molecule has 2 aliphatic rings. The summed E-state index contributed by atoms with van der Waals surface area (Å²) in [6.07, 6.45) is 16.2. The largest absolute Gasteiger partial charge is 0.310 e. The fraction of sp³-hybridized carbons (Fsp3) is 0.0222. The molecule has 0 N–H and O–H groups in total. The molecule has 0 spiro atoms. The molecule has 6 aromatic rings. The van der Waals surface area contributed by atoms with Gasteiger partial charge in [0.1, 0.15) is 0 Å². The topological polar surface area (TPSA) is 6.48 Å². The molecule has 224 valence electrons. The minimum atomic E-state index is 0.905. The van der Waals surface area contributed by atoms with Crippen LogP contribution in [0.2, 0.25) is 0 Å². The fourth-order valence-corrected chi connectivity index (χ4v) is 6.58. The van der Waals surface area contributed by atoms with Crippen molar-refractivity contribution in [3.63, 3.8) is 0 Å². The lowest BCUT2D eigenvalue weighted by Crippen LogP contribution is -2.18. The number of hydrogen-bond donors (Lipinski definition) is 0. The summed E-state index contributed by atoms with van der Waals surface area (Å²) in [5, 5.41) is 2.45. The number of hydrogen-bond acceptors (Lipinski definition) is 2. The molecule has 47 heavy (non-hydrogen) atoms. The van der Waals surface area contributed by atoms with Crippen LogP contribution in [0.5, 0.6) is 0 Å². The third-order valence-corrected chi connectivity index (χ3v) is 8.87. The SMILES string of the molecule is C1=CC=C2CC(=C1)C=CC=C2N(c1ccccc1)c1ccc(-c2ccc(N(c3ccccc3)c3cccc4ccccc34)cc2)cc1. The average molecular weight is 603 g/mol. The quantitative estimate of drug-likeness (QED) is 0.179. The average Bonchev–Trinajstić information content (AvgIpc) is 3.50. The van der Waals surface area contributed by atoms with Gasteiger partial charge >= 0.3 is 0 Å². The van der Waals surface area contributed by atoms with E-state index in [4.69, 9.17) is 0 Å². The Morgan fingerprint density at radius 3 is 1.66 bits per heavy atom. The molecule has 0 unspecified atom stereocenters. The lowest BCUT2D eigenvalue weighted by atomic mass is 10.0. The molecule has 0 saturated carbocycles. The van der Waals surface area contributed by atoms with Crippen molar-refractivity contribution in [2.45, 2.75) is 6.42 Å². The highest BCUT2D eigenvalue weighted by molar-refractivity contribution is 5.99. The zero-order chi connectivity index (χ0) is 31.4. The van der Waals surface area contributed by atoms with Crippen LogP contribution in [0.25, 0.3) is 21.9 Å². The molecule has 2 nitrogen and oxygen atoms in total. The molecule has 0 radical (unpaired) electrons. The molecular weight excluding hydrogens is 569 g/mol. The van der Waals surface area contributed by atoms with Crippen molar-refractivity contribution in [3.8, 4) is 11.1 Å². The van der Waals surface area contributed by atoms with Crippen molar-refractivity contribution in [2.75, 3.05) is 9.80 Å². The standard InChI is InChI=1S/C45H34N2/c1-3-18-39(19-4-1)46(44-23-11-14-34-13-7-8-16-38(44)33-34)41-29-25-35(26-30-41)36-27-31-42(32-28-36)47(40-20-5-2-6-21-40)45-24-12-17-37-15-9-10-22-43(37)45/h1-32H,33H2. The number of rotatable bonds is 7. The Bertz CT molecular complexity index is 2180. The van der Waals surface area contributed by atoms with E-state index in [1.807, 2.05) is 0 Å². The smallest absolute Gasteiger partial charge is 0.0540 e. The van der Waals surface area contributed by atoms with Gasteiger partial charge in [-0.1, -0.05) is 134 Å². The van der Waals surface area contributed by atoms with Crippen LogP contribution in [0.3, 0.4) is 0 Å². The van der Waals surface area contributed by atoms with Gasteiger partial charge in [-0.3, -0.25) is 0 Å². The Morgan fingerprint density at radius 1 is 0.404 bits per heavy atom. The van der Waals surface area contributed by atoms with Gasteiger partial charge in [0.15, 0.2) is 0 Å². The van der Waals surface area contributed by atoms with Gasteiger partial charge < -0.3 is 9.80 Å². The highest BCUT2D eigenvalue weighted by Crippen LogP contribution is 2.40. The maximum absolute atomic E-state index is 2.37. The van der Waals surface area contributed by atoms with E-state index in [0.717, 1.165) is 34.9 Å². The van der Waals surface area contributed by atoms with Gasteiger partial charge in [0.05, 0.1) is 5.69 Å². The second-order valence-corrected chi connectivity index (χ2v) is 11.8. The van der Waals surface area contributed by atoms with Crippen LogP contribution >= 0.6 is 0 Å². The first kappa shape index (κ1) is 28.4. The summed E-state index contributed by atoms with van der Waals surface area (Å²) in [4.78, 5) is 4.72. The van der Waals surface area contributed by atoms with Crippen molar-refractivity contribution in [2.24, 2.45) is 0 Å². The molecule has 0 heterocycles. The summed E-state index contributed by atoms with van der Waals surface area (Å²) in [6.45, 7) is 0. The van der Waals surface area contributed by atoms with E-state index in [1.54, 1.807) is 0 Å². The van der Waals surface area contributed by atoms with Crippen molar-refractivity contribution in [1.29, 1.82) is 0 Å². The monoisotopic (exact) mass is 602 g/mol. The first-order valence-electron chi connectivity index (χ1n) is 16.2. The predicted molar refractivity (Wildman–Crippen MR) is 200 cm³/mol. The third-order valence-electron chi connectivity index (χ3n) is 8.87. The number of fused-ring (bicyclic) bond motifs is 3. The summed E-state index contributed by atoms with van der Waals surface area (Å²) in [6, 6.07) is 54.2. The zero-order valence-electron chi connectivity index (χ0n) is 26.1. The summed E-state index contributed by atoms with van der Waals surface area (Å²) < 4.78 is 0. The van der Waals surface area contributed by atoms with Gasteiger partial charge in [-0.05, 0) is 94.8 Å². The van der Waals surface area contributed by atoms with E-state index in [-0.39, 0.29) is 0 Å². The van der Waals surface area contributed by atoms with E-state index in [9.17, 15) is 0 Å². The van der Waals surface area contributed by atoms with E-state index >= 15 is 0 Å². The molecule has 6 aromatic carbocycles. The first-order valence-corrected chi connectivity index (χ1v) is 16.2. The van der Waals surface area contributed by atoms with Crippen LogP contribution in [0.4, 0.5) is 28.4 Å². The molecule has 0 amide bonds. The van der Waals surface area contributed by atoms with Gasteiger partial charge in [0.2, 0.25) is 0 Å². The lowest BCUT2D eigenvalue weighted by molar-refractivity contribution is 1.10. The fourth-order valence-electron chi connectivity index (χ4n) is 6.58. The van der Waals surface area contributed by atoms with E-state index < -0.39 is 0 Å². The van der Waals surface area contributed by atoms with Crippen LogP contribution in [-0.2, 0) is 0 Å². The minimum absolute atomic E-state index is 0.905. The molecule has 0 atom stereocenters. The number of anilines is 5. The number of benzene rings is 6. The van der Waals surface area contributed by atoms with E-state index in [2.05, 4.69) is 204 Å². The zero-order valence-corrected chi connectivity index (χ0v) is 26.1. The summed E-state index contributed by atoms with van der Waals surface area (Å²) in [5.74, 6) is 0. The van der Waals surface area contributed by atoms with Gasteiger partial charge in [-0.25, -0.2) is 0 Å². The van der Waals surface area contributed by atoms with Crippen molar-refractivity contribution < 1.29 is 0 Å². The van der Waals surface area contributed by atoms with Crippen molar-refractivity contribution >= 4 is 39.2 Å². The van der Waals surface area contributed by atoms with Crippen LogP contribution in [0, 0.1) is 0 Å². The molecule has 0 fully saturated rings. The summed E-state index contributed by atoms with van der Waals surface area (Å²) in [7, 11) is 0. The Balaban J connectivity index is 1.14. The second kappa shape index (κ2) is 12.7. The highest BCUT2D eigenvalue weighted by atomic mass is 15.2. The molecule has 2 heteroatoms. The molecule has 8 rings (SSSR count). The third kappa shape index (κ3) is 5.74. The van der Waals surface area contributed by atoms with Gasteiger partial charge in [-0.2, -0.15) is 0 Å². The molecule has 0 saturated heterocycles. The predicted octanol–water partition coefficient (Wildman–Crippen LogP) is 12.4. The first-order chi connectivity index (χ1) is 23.3. The van der Waals surface area contributed by atoms with Crippen LogP contribution in [0.15, 0.2) is 211 Å². The molecule has 2 bridgehead atoms. The Labute approximate surface area is 276 Å². The van der Waals surface area contributed by atoms with E-state index in [1.165, 1.54) is 38.7 Å². The van der Waals surface area contributed by atoms with Crippen LogP contribution in [0.1, 0.15) is 6.42 Å². The van der Waals surface area contributed by atoms with Crippen molar-refractivity contribution in [1.82, 2.24) is 0 Å².